The molecule has 0 unspecified atom stereocenters. The molecule has 18 heavy (non-hydrogen) atoms. The number of nitrogens with zero attached hydrogens (tertiary/aromatic N) is 1. The van der Waals surface area contributed by atoms with Gasteiger partial charge >= 0.3 is 0 Å². The minimum Gasteiger partial charge on any atom is -0.379 e. The molecule has 0 aromatic heterocycles. The van der Waals surface area contributed by atoms with E-state index in [1.807, 2.05) is 14.1 Å². The number of hydrogen-bond donors (Lipinski definition) is 1. The molecule has 0 saturated carbocycles. The van der Waals surface area contributed by atoms with E-state index in [2.05, 4.69) is 10.2 Å². The smallest absolute Gasteiger partial charge is 0.156 e. The van der Waals surface area contributed by atoms with E-state index in [9.17, 15) is 8.42 Å². The summed E-state index contributed by atoms with van der Waals surface area (Å²) >= 11 is 0. The molecule has 0 atom stereocenters. The van der Waals surface area contributed by atoms with Gasteiger partial charge in [0.15, 0.2) is 9.84 Å². The summed E-state index contributed by atoms with van der Waals surface area (Å²) in [5.74, 6) is 0.175. The molecule has 0 aliphatic rings. The average Bonchev–Trinajstić information content (AvgIpc) is 2.19. The Balaban J connectivity index is 3.53. The molecule has 0 saturated heterocycles. The van der Waals surface area contributed by atoms with Gasteiger partial charge in [-0.3, -0.25) is 0 Å². The molecule has 1 N–H and O–H groups in total. The monoisotopic (exact) mass is 280 g/mol. The predicted octanol–water partition coefficient (Wildman–Crippen LogP) is 0.368. The standard InChI is InChI=1S/C12H28N2O3S/c1-12(2,3)18(15,16)11-7-13-6-9-17-10-8-14(4)5/h13H,6-11H2,1-5H3. The second-order valence-electron chi connectivity index (χ2n) is 5.60. The summed E-state index contributed by atoms with van der Waals surface area (Å²) in [6.45, 7) is 8.58. The van der Waals surface area contributed by atoms with Gasteiger partial charge in [-0.25, -0.2) is 8.42 Å². The van der Waals surface area contributed by atoms with Crippen molar-refractivity contribution < 1.29 is 13.2 Å². The van der Waals surface area contributed by atoms with E-state index in [0.717, 1.165) is 6.54 Å². The number of hydrogen-bond acceptors (Lipinski definition) is 5. The lowest BCUT2D eigenvalue weighted by atomic mass is 10.3. The highest BCUT2D eigenvalue weighted by molar-refractivity contribution is 7.92. The average molecular weight is 280 g/mol. The Labute approximate surface area is 112 Å². The topological polar surface area (TPSA) is 58.6 Å². The van der Waals surface area contributed by atoms with Gasteiger partial charge < -0.3 is 15.0 Å². The fourth-order valence-electron chi connectivity index (χ4n) is 1.13. The quantitative estimate of drug-likeness (QED) is 0.618. The molecule has 0 aliphatic carbocycles. The molecule has 0 aromatic carbocycles. The third-order valence-electron chi connectivity index (χ3n) is 2.59. The van der Waals surface area contributed by atoms with E-state index in [4.69, 9.17) is 4.74 Å². The molecule has 0 rings (SSSR count). The highest BCUT2D eigenvalue weighted by Crippen LogP contribution is 2.14. The van der Waals surface area contributed by atoms with Crippen molar-refractivity contribution in [2.24, 2.45) is 0 Å². The predicted molar refractivity (Wildman–Crippen MR) is 75.8 cm³/mol. The van der Waals surface area contributed by atoms with E-state index in [1.165, 1.54) is 0 Å². The van der Waals surface area contributed by atoms with Gasteiger partial charge in [0.05, 0.1) is 23.7 Å². The van der Waals surface area contributed by atoms with Crippen LogP contribution in [-0.4, -0.2) is 70.8 Å². The van der Waals surface area contributed by atoms with Crippen molar-refractivity contribution >= 4 is 9.84 Å². The molecule has 6 heteroatoms. The van der Waals surface area contributed by atoms with Gasteiger partial charge in [0, 0.05) is 19.6 Å². The third kappa shape index (κ3) is 8.02. The second-order valence-corrected chi connectivity index (χ2v) is 8.46. The summed E-state index contributed by atoms with van der Waals surface area (Å²) in [6.07, 6.45) is 0. The van der Waals surface area contributed by atoms with Crippen molar-refractivity contribution in [2.75, 3.05) is 52.7 Å². The molecule has 0 spiro atoms. The van der Waals surface area contributed by atoms with Crippen LogP contribution in [-0.2, 0) is 14.6 Å². The zero-order valence-corrected chi connectivity index (χ0v) is 13.1. The normalized spacial score (nSPS) is 13.2. The minimum absolute atomic E-state index is 0.175. The van der Waals surface area contributed by atoms with Crippen LogP contribution in [0, 0.1) is 0 Å². The van der Waals surface area contributed by atoms with Crippen molar-refractivity contribution in [3.8, 4) is 0 Å². The molecule has 0 radical (unpaired) electrons. The highest BCUT2D eigenvalue weighted by Gasteiger charge is 2.27. The largest absolute Gasteiger partial charge is 0.379 e. The summed E-state index contributed by atoms with van der Waals surface area (Å²) in [7, 11) is 0.982. The first-order valence-corrected chi connectivity index (χ1v) is 7.97. The maximum absolute atomic E-state index is 11.8. The Morgan fingerprint density at radius 2 is 1.72 bits per heavy atom. The number of nitrogens with one attached hydrogen (secondary N) is 1. The number of likely N-dealkylation sites (N-methyl/N-ethyl adjacent to an activating group) is 1. The Kier molecular flexibility index (Phi) is 8.02. The van der Waals surface area contributed by atoms with Crippen molar-refractivity contribution in [2.45, 2.75) is 25.5 Å². The zero-order valence-electron chi connectivity index (χ0n) is 12.3. The van der Waals surface area contributed by atoms with E-state index >= 15 is 0 Å². The molecule has 0 heterocycles. The van der Waals surface area contributed by atoms with Crippen LogP contribution in [0.5, 0.6) is 0 Å². The van der Waals surface area contributed by atoms with Gasteiger partial charge in [-0.1, -0.05) is 0 Å². The summed E-state index contributed by atoms with van der Waals surface area (Å²) < 4.78 is 28.3. The molecule has 0 bridgehead atoms. The molecule has 5 nitrogen and oxygen atoms in total. The lowest BCUT2D eigenvalue weighted by Crippen LogP contribution is -2.35. The summed E-state index contributed by atoms with van der Waals surface area (Å²) in [5.41, 5.74) is 0. The fourth-order valence-corrected chi connectivity index (χ4v) is 2.16. The van der Waals surface area contributed by atoms with Gasteiger partial charge in [-0.05, 0) is 34.9 Å². The van der Waals surface area contributed by atoms with Crippen LogP contribution >= 0.6 is 0 Å². The Bertz CT molecular complexity index is 308. The van der Waals surface area contributed by atoms with Gasteiger partial charge in [-0.15, -0.1) is 0 Å². The number of ether oxygens (including phenoxy) is 1. The summed E-state index contributed by atoms with van der Waals surface area (Å²) in [5, 5.41) is 3.08. The summed E-state index contributed by atoms with van der Waals surface area (Å²) in [4.78, 5) is 2.06. The van der Waals surface area contributed by atoms with Crippen molar-refractivity contribution in [3.05, 3.63) is 0 Å². The van der Waals surface area contributed by atoms with Gasteiger partial charge in [0.1, 0.15) is 0 Å². The van der Waals surface area contributed by atoms with Gasteiger partial charge in [-0.2, -0.15) is 0 Å². The molecular weight excluding hydrogens is 252 g/mol. The number of sulfone groups is 1. The van der Waals surface area contributed by atoms with E-state index in [0.29, 0.717) is 26.3 Å². The van der Waals surface area contributed by atoms with Gasteiger partial charge in [0.25, 0.3) is 0 Å². The van der Waals surface area contributed by atoms with E-state index in [-0.39, 0.29) is 5.75 Å². The highest BCUT2D eigenvalue weighted by atomic mass is 32.2. The lowest BCUT2D eigenvalue weighted by Gasteiger charge is -2.19. The van der Waals surface area contributed by atoms with E-state index < -0.39 is 14.6 Å². The maximum atomic E-state index is 11.8. The first-order valence-electron chi connectivity index (χ1n) is 6.32. The Morgan fingerprint density at radius 3 is 2.22 bits per heavy atom. The van der Waals surface area contributed by atoms with Crippen LogP contribution in [0.2, 0.25) is 0 Å². The second kappa shape index (κ2) is 8.09. The lowest BCUT2D eigenvalue weighted by molar-refractivity contribution is 0.119. The first-order chi connectivity index (χ1) is 8.17. The minimum atomic E-state index is -3.02. The van der Waals surface area contributed by atoms with Crippen LogP contribution in [0.1, 0.15) is 20.8 Å². The van der Waals surface area contributed by atoms with Crippen molar-refractivity contribution in [3.63, 3.8) is 0 Å². The van der Waals surface area contributed by atoms with Crippen LogP contribution in [0.4, 0.5) is 0 Å². The Morgan fingerprint density at radius 1 is 1.11 bits per heavy atom. The van der Waals surface area contributed by atoms with Gasteiger partial charge in [0.2, 0.25) is 0 Å². The SMILES string of the molecule is CN(C)CCOCCNCCS(=O)(=O)C(C)(C)C. The Hall–Kier alpha value is -0.170. The fraction of sp³-hybridized carbons (Fsp3) is 1.00. The van der Waals surface area contributed by atoms with Crippen LogP contribution in [0.25, 0.3) is 0 Å². The summed E-state index contributed by atoms with van der Waals surface area (Å²) in [6, 6.07) is 0. The van der Waals surface area contributed by atoms with Crippen molar-refractivity contribution in [1.82, 2.24) is 10.2 Å². The van der Waals surface area contributed by atoms with Crippen molar-refractivity contribution in [1.29, 1.82) is 0 Å². The molecule has 110 valence electrons. The molecule has 0 amide bonds. The maximum Gasteiger partial charge on any atom is 0.156 e. The zero-order chi connectivity index (χ0) is 14.2. The van der Waals surface area contributed by atoms with Crippen LogP contribution in [0.3, 0.4) is 0 Å². The molecule has 0 aliphatic heterocycles. The van der Waals surface area contributed by atoms with Crippen LogP contribution < -0.4 is 5.32 Å². The van der Waals surface area contributed by atoms with E-state index in [1.54, 1.807) is 20.8 Å². The number of rotatable bonds is 9. The first kappa shape index (κ1) is 17.8. The van der Waals surface area contributed by atoms with Crippen LogP contribution in [0.15, 0.2) is 0 Å². The molecule has 0 fully saturated rings. The molecular formula is C12H28N2O3S. The molecule has 0 aromatic rings. The third-order valence-corrected chi connectivity index (χ3v) is 5.19.